The number of nitrogen functional groups attached to an aromatic ring is 1. The third-order valence-corrected chi connectivity index (χ3v) is 7.04. The van der Waals surface area contributed by atoms with Crippen LogP contribution in [0.3, 0.4) is 0 Å². The highest BCUT2D eigenvalue weighted by Gasteiger charge is 2.26. The number of ether oxygens (including phenoxy) is 2. The van der Waals surface area contributed by atoms with Gasteiger partial charge in [0, 0.05) is 28.3 Å². The molecule has 5 rings (SSSR count). The van der Waals surface area contributed by atoms with Gasteiger partial charge in [-0.2, -0.15) is 0 Å². The van der Waals surface area contributed by atoms with Gasteiger partial charge in [-0.15, -0.1) is 25.3 Å². The van der Waals surface area contributed by atoms with Crippen molar-refractivity contribution in [2.45, 2.75) is 9.79 Å². The summed E-state index contributed by atoms with van der Waals surface area (Å²) in [5.41, 5.74) is 8.37. The minimum absolute atomic E-state index is 0.107. The van der Waals surface area contributed by atoms with Crippen molar-refractivity contribution in [1.82, 2.24) is 0 Å². The molecule has 0 saturated carbocycles. The fourth-order valence-electron chi connectivity index (χ4n) is 4.01. The summed E-state index contributed by atoms with van der Waals surface area (Å²) >= 11 is 8.50. The van der Waals surface area contributed by atoms with Crippen molar-refractivity contribution < 1.29 is 24.0 Å². The van der Waals surface area contributed by atoms with Gasteiger partial charge in [0.05, 0.1) is 27.4 Å². The highest BCUT2D eigenvalue weighted by atomic mass is 32.1. The van der Waals surface area contributed by atoms with Crippen LogP contribution in [0.4, 0.5) is 22.7 Å². The molecule has 0 atom stereocenters. The molecule has 46 heavy (non-hydrogen) atoms. The largest absolute Gasteiger partial charge is 0.421 e. The van der Waals surface area contributed by atoms with Gasteiger partial charge in [-0.3, -0.25) is 20.1 Å². The van der Waals surface area contributed by atoms with E-state index in [2.05, 4.69) is 35.2 Å². The molecule has 0 aliphatic heterocycles. The van der Waals surface area contributed by atoms with Gasteiger partial charge in [0.25, 0.3) is 0 Å². The lowest BCUT2D eigenvalue weighted by Crippen LogP contribution is -2.14. The number of nitrogens with two attached hydrogens (primary N) is 1. The lowest BCUT2D eigenvalue weighted by molar-refractivity contribution is -0.385. The molecule has 0 aliphatic rings. The maximum absolute atomic E-state index is 12.9. The summed E-state index contributed by atoms with van der Waals surface area (Å²) in [6.07, 6.45) is 3.26. The van der Waals surface area contributed by atoms with Crippen LogP contribution in [-0.2, 0) is 0 Å². The Morgan fingerprint density at radius 1 is 0.652 bits per heavy atom. The van der Waals surface area contributed by atoms with Crippen LogP contribution in [0.1, 0.15) is 31.8 Å². The zero-order chi connectivity index (χ0) is 32.6. The predicted octanol–water partition coefficient (Wildman–Crippen LogP) is 7.69. The van der Waals surface area contributed by atoms with E-state index in [0.29, 0.717) is 5.56 Å². The smallest absolute Gasteiger partial charge is 0.343 e. The van der Waals surface area contributed by atoms with Crippen LogP contribution in [0, 0.1) is 10.1 Å². The molecule has 0 heterocycles. The molecule has 0 saturated heterocycles. The van der Waals surface area contributed by atoms with Crippen molar-refractivity contribution in [3.05, 3.63) is 142 Å². The molecule has 0 fully saturated rings. The predicted molar refractivity (Wildman–Crippen MR) is 182 cm³/mol. The molecule has 0 spiro atoms. The third kappa shape index (κ3) is 8.05. The summed E-state index contributed by atoms with van der Waals surface area (Å²) < 4.78 is 10.8. The zero-order valence-electron chi connectivity index (χ0n) is 23.8. The van der Waals surface area contributed by atoms with Gasteiger partial charge in [-0.05, 0) is 90.0 Å². The molecule has 0 aliphatic carbocycles. The van der Waals surface area contributed by atoms with Crippen molar-refractivity contribution >= 4 is 72.4 Å². The SMILES string of the molecule is Nc1c(OC(=O)c2ccc(C=Nc3ccc(S)cc3)cc2)ccc([N+](=O)[O-])c1OC(=O)c1ccc(C=Nc2ccc(S)cc2)cc1. The highest BCUT2D eigenvalue weighted by Crippen LogP contribution is 2.40. The normalized spacial score (nSPS) is 11.1. The van der Waals surface area contributed by atoms with E-state index in [9.17, 15) is 19.7 Å². The molecule has 0 radical (unpaired) electrons. The first-order valence-electron chi connectivity index (χ1n) is 13.5. The number of aliphatic imine (C=N–C) groups is 2. The molecule has 0 unspecified atom stereocenters. The number of anilines is 1. The first-order chi connectivity index (χ1) is 22.2. The van der Waals surface area contributed by atoms with Crippen LogP contribution >= 0.6 is 25.3 Å². The van der Waals surface area contributed by atoms with Crippen LogP contribution < -0.4 is 15.2 Å². The Morgan fingerprint density at radius 3 is 1.52 bits per heavy atom. The van der Waals surface area contributed by atoms with E-state index < -0.39 is 28.3 Å². The molecule has 5 aromatic rings. The molecule has 0 bridgehead atoms. The van der Waals surface area contributed by atoms with E-state index in [1.54, 1.807) is 36.7 Å². The number of thiol groups is 2. The number of carbonyl (C=O) groups is 2. The van der Waals surface area contributed by atoms with Gasteiger partial charge >= 0.3 is 17.6 Å². The summed E-state index contributed by atoms with van der Waals surface area (Å²) in [5, 5.41) is 11.7. The number of nitro benzene ring substituents is 1. The van der Waals surface area contributed by atoms with Crippen molar-refractivity contribution in [2.75, 3.05) is 5.73 Å². The minimum Gasteiger partial charge on any atom is -0.421 e. The van der Waals surface area contributed by atoms with Gasteiger partial charge in [0.2, 0.25) is 5.75 Å². The monoisotopic (exact) mass is 648 g/mol. The Balaban J connectivity index is 1.28. The Labute approximate surface area is 274 Å². The molecule has 10 nitrogen and oxygen atoms in total. The number of benzene rings is 5. The second kappa shape index (κ2) is 14.4. The molecule has 5 aromatic carbocycles. The lowest BCUT2D eigenvalue weighted by atomic mass is 10.1. The number of hydrogen-bond acceptors (Lipinski definition) is 11. The average Bonchev–Trinajstić information content (AvgIpc) is 3.06. The fraction of sp³-hybridized carbons (Fsp3) is 0. The molecule has 228 valence electrons. The summed E-state index contributed by atoms with van der Waals surface area (Å²) in [7, 11) is 0. The molecule has 2 N–H and O–H groups in total. The molecular formula is C34H24N4O6S2. The van der Waals surface area contributed by atoms with Crippen molar-refractivity contribution in [3.8, 4) is 11.5 Å². The van der Waals surface area contributed by atoms with E-state index in [0.717, 1.165) is 38.9 Å². The Kier molecular flexibility index (Phi) is 9.90. The van der Waals surface area contributed by atoms with Gasteiger partial charge < -0.3 is 15.2 Å². The first-order valence-corrected chi connectivity index (χ1v) is 14.4. The number of nitro groups is 1. The Morgan fingerprint density at radius 2 is 1.09 bits per heavy atom. The quantitative estimate of drug-likeness (QED) is 0.0282. The van der Waals surface area contributed by atoms with Crippen LogP contribution in [0.15, 0.2) is 129 Å². The topological polar surface area (TPSA) is 146 Å². The summed E-state index contributed by atoms with van der Waals surface area (Å²) in [4.78, 5) is 47.2. The van der Waals surface area contributed by atoms with E-state index in [4.69, 9.17) is 15.2 Å². The summed E-state index contributed by atoms with van der Waals surface area (Å²) in [5.74, 6) is -2.43. The summed E-state index contributed by atoms with van der Waals surface area (Å²) in [6, 6.07) is 29.4. The van der Waals surface area contributed by atoms with Crippen molar-refractivity contribution in [3.63, 3.8) is 0 Å². The molecule has 12 heteroatoms. The first kappa shape index (κ1) is 31.7. The molecular weight excluding hydrogens is 625 g/mol. The maximum Gasteiger partial charge on any atom is 0.343 e. The molecule has 0 amide bonds. The minimum atomic E-state index is -0.898. The van der Waals surface area contributed by atoms with Gasteiger partial charge in [0.15, 0.2) is 5.75 Å². The van der Waals surface area contributed by atoms with Crippen LogP contribution in [0.25, 0.3) is 0 Å². The Bertz CT molecular complexity index is 1960. The van der Waals surface area contributed by atoms with E-state index in [-0.39, 0.29) is 22.6 Å². The summed E-state index contributed by atoms with van der Waals surface area (Å²) in [6.45, 7) is 0. The number of nitrogens with zero attached hydrogens (tertiary/aromatic N) is 3. The van der Waals surface area contributed by atoms with Gasteiger partial charge in [-0.1, -0.05) is 24.3 Å². The third-order valence-electron chi connectivity index (χ3n) is 6.45. The van der Waals surface area contributed by atoms with E-state index >= 15 is 0 Å². The van der Waals surface area contributed by atoms with Crippen LogP contribution in [0.2, 0.25) is 0 Å². The number of esters is 2. The lowest BCUT2D eigenvalue weighted by Gasteiger charge is -2.12. The number of hydrogen-bond donors (Lipinski definition) is 3. The van der Waals surface area contributed by atoms with E-state index in [1.165, 1.54) is 24.3 Å². The van der Waals surface area contributed by atoms with Gasteiger partial charge in [-0.25, -0.2) is 9.59 Å². The van der Waals surface area contributed by atoms with Gasteiger partial charge in [0.1, 0.15) is 5.69 Å². The van der Waals surface area contributed by atoms with Crippen molar-refractivity contribution in [1.29, 1.82) is 0 Å². The standard InChI is InChI=1S/C34H24N4O6S2/c35-31-30(43-33(39)23-5-1-21(2-6-23)19-36-25-9-13-27(45)14-10-25)18-17-29(38(41)42)32(31)44-34(40)24-7-3-22(4-8-24)20-37-26-11-15-28(46)16-12-26/h1-20,45-46H,35H2. The second-order valence-corrected chi connectivity index (χ2v) is 10.7. The van der Waals surface area contributed by atoms with Crippen molar-refractivity contribution in [2.24, 2.45) is 9.98 Å². The number of carbonyl (C=O) groups excluding carboxylic acids is 2. The average molecular weight is 649 g/mol. The number of rotatable bonds is 9. The maximum atomic E-state index is 12.9. The van der Waals surface area contributed by atoms with E-state index in [1.807, 2.05) is 48.5 Å². The molecule has 0 aromatic heterocycles. The zero-order valence-corrected chi connectivity index (χ0v) is 25.6. The fourth-order valence-corrected chi connectivity index (χ4v) is 4.30. The van der Waals surface area contributed by atoms with Crippen LogP contribution in [0.5, 0.6) is 11.5 Å². The second-order valence-electron chi connectivity index (χ2n) is 9.65. The highest BCUT2D eigenvalue weighted by molar-refractivity contribution is 7.80. The Hall–Kier alpha value is -5.72. The van der Waals surface area contributed by atoms with Crippen LogP contribution in [-0.4, -0.2) is 29.3 Å².